The van der Waals surface area contributed by atoms with Crippen LogP contribution in [-0.2, 0) is 18.4 Å². The van der Waals surface area contributed by atoms with Crippen molar-refractivity contribution in [1.82, 2.24) is 19.1 Å². The number of carboxylic acids is 1. The van der Waals surface area contributed by atoms with Crippen LogP contribution in [0.1, 0.15) is 0 Å². The van der Waals surface area contributed by atoms with Crippen molar-refractivity contribution in [2.45, 2.75) is 6.54 Å². The van der Waals surface area contributed by atoms with Gasteiger partial charge < -0.3 is 9.67 Å². The molecule has 0 aromatic carbocycles. The highest BCUT2D eigenvalue weighted by atomic mass is 79.9. The van der Waals surface area contributed by atoms with Crippen LogP contribution in [0.15, 0.2) is 14.3 Å². The third kappa shape index (κ3) is 1.78. The lowest BCUT2D eigenvalue weighted by Crippen LogP contribution is -2.29. The summed E-state index contributed by atoms with van der Waals surface area (Å²) in [6.45, 7) is -0.418. The number of nitrogens with one attached hydrogen (secondary N) is 1. The van der Waals surface area contributed by atoms with Crippen molar-refractivity contribution < 1.29 is 9.90 Å². The van der Waals surface area contributed by atoms with Crippen LogP contribution >= 0.6 is 15.9 Å². The Labute approximate surface area is 102 Å². The van der Waals surface area contributed by atoms with E-state index in [0.717, 1.165) is 4.57 Å². The molecule has 0 bridgehead atoms. The van der Waals surface area contributed by atoms with E-state index in [-0.39, 0.29) is 15.9 Å². The monoisotopic (exact) mass is 302 g/mol. The number of carbonyl (C=O) groups is 1. The molecule has 9 heteroatoms. The highest BCUT2D eigenvalue weighted by Crippen LogP contribution is 2.15. The smallest absolute Gasteiger partial charge is 0.329 e. The average Bonchev–Trinajstić information content (AvgIpc) is 2.53. The van der Waals surface area contributed by atoms with Gasteiger partial charge in [-0.15, -0.1) is 0 Å². The number of aromatic amines is 1. The number of halogens is 1. The second-order valence-corrected chi connectivity index (χ2v) is 4.06. The summed E-state index contributed by atoms with van der Waals surface area (Å²) in [4.78, 5) is 39.7. The zero-order valence-corrected chi connectivity index (χ0v) is 10.2. The van der Waals surface area contributed by atoms with Gasteiger partial charge in [-0.25, -0.2) is 9.78 Å². The molecule has 0 saturated carbocycles. The number of hydrogen-bond acceptors (Lipinski definition) is 4. The molecular weight excluding hydrogens is 296 g/mol. The van der Waals surface area contributed by atoms with Gasteiger partial charge in [-0.2, -0.15) is 0 Å². The molecule has 2 aromatic rings. The van der Waals surface area contributed by atoms with E-state index >= 15 is 0 Å². The topological polar surface area (TPSA) is 110 Å². The summed E-state index contributed by atoms with van der Waals surface area (Å²) in [5.74, 6) is -1.11. The Bertz CT molecular complexity index is 725. The van der Waals surface area contributed by atoms with Crippen LogP contribution in [0, 0.1) is 0 Å². The van der Waals surface area contributed by atoms with Gasteiger partial charge in [0.15, 0.2) is 15.9 Å². The van der Waals surface area contributed by atoms with Crippen molar-refractivity contribution in [3.8, 4) is 0 Å². The molecule has 0 aliphatic rings. The molecule has 0 fully saturated rings. The fourth-order valence-corrected chi connectivity index (χ4v) is 1.96. The molecule has 0 unspecified atom stereocenters. The van der Waals surface area contributed by atoms with Gasteiger partial charge in [0.1, 0.15) is 6.54 Å². The maximum Gasteiger partial charge on any atom is 0.329 e. The predicted molar refractivity (Wildman–Crippen MR) is 60.9 cm³/mol. The van der Waals surface area contributed by atoms with E-state index in [2.05, 4.69) is 25.9 Å². The zero-order chi connectivity index (χ0) is 12.7. The lowest BCUT2D eigenvalue weighted by Gasteiger charge is -2.01. The second kappa shape index (κ2) is 3.84. The quantitative estimate of drug-likeness (QED) is 0.711. The summed E-state index contributed by atoms with van der Waals surface area (Å²) >= 11 is 3.05. The molecule has 2 N–H and O–H groups in total. The van der Waals surface area contributed by atoms with Crippen LogP contribution in [0.25, 0.3) is 11.2 Å². The van der Waals surface area contributed by atoms with Crippen LogP contribution in [0.5, 0.6) is 0 Å². The number of fused-ring (bicyclic) bond motifs is 1. The van der Waals surface area contributed by atoms with Gasteiger partial charge in [-0.1, -0.05) is 0 Å². The Morgan fingerprint density at radius 2 is 2.18 bits per heavy atom. The van der Waals surface area contributed by atoms with Crippen molar-refractivity contribution in [2.24, 2.45) is 7.05 Å². The van der Waals surface area contributed by atoms with Gasteiger partial charge in [0, 0.05) is 7.05 Å². The fourth-order valence-electron chi connectivity index (χ4n) is 1.49. The summed E-state index contributed by atoms with van der Waals surface area (Å²) in [6, 6.07) is 0. The molecule has 2 rings (SSSR count). The molecule has 0 aliphatic heterocycles. The van der Waals surface area contributed by atoms with E-state index in [1.807, 2.05) is 0 Å². The van der Waals surface area contributed by atoms with Crippen LogP contribution in [0.3, 0.4) is 0 Å². The van der Waals surface area contributed by atoms with Gasteiger partial charge in [0.2, 0.25) is 0 Å². The lowest BCUT2D eigenvalue weighted by molar-refractivity contribution is -0.137. The van der Waals surface area contributed by atoms with E-state index in [4.69, 9.17) is 5.11 Å². The third-order valence-electron chi connectivity index (χ3n) is 2.25. The second-order valence-electron chi connectivity index (χ2n) is 3.35. The summed E-state index contributed by atoms with van der Waals surface area (Å²) < 4.78 is 2.50. The van der Waals surface area contributed by atoms with Crippen LogP contribution in [0.2, 0.25) is 0 Å². The number of H-pyrrole nitrogens is 1. The van der Waals surface area contributed by atoms with Gasteiger partial charge in [0.05, 0.1) is 0 Å². The Balaban J connectivity index is 2.92. The van der Waals surface area contributed by atoms with Crippen molar-refractivity contribution in [3.63, 3.8) is 0 Å². The van der Waals surface area contributed by atoms with Gasteiger partial charge >= 0.3 is 11.7 Å². The third-order valence-corrected chi connectivity index (χ3v) is 2.86. The minimum atomic E-state index is -1.11. The van der Waals surface area contributed by atoms with Crippen molar-refractivity contribution in [3.05, 3.63) is 25.6 Å². The zero-order valence-electron chi connectivity index (χ0n) is 8.60. The van der Waals surface area contributed by atoms with E-state index in [1.165, 1.54) is 11.6 Å². The van der Waals surface area contributed by atoms with E-state index in [9.17, 15) is 14.4 Å². The highest BCUT2D eigenvalue weighted by molar-refractivity contribution is 9.10. The molecule has 8 nitrogen and oxygen atoms in total. The maximum absolute atomic E-state index is 11.6. The highest BCUT2D eigenvalue weighted by Gasteiger charge is 2.17. The molecule has 0 aliphatic carbocycles. The minimum absolute atomic E-state index is 0.0429. The van der Waals surface area contributed by atoms with Crippen LogP contribution in [0.4, 0.5) is 0 Å². The van der Waals surface area contributed by atoms with Gasteiger partial charge in [0.25, 0.3) is 5.56 Å². The predicted octanol–water partition coefficient (Wildman–Crippen LogP) is -0.730. The fraction of sp³-hybridized carbons (Fsp3) is 0.250. The average molecular weight is 303 g/mol. The standard InChI is InChI=1S/C8H7BrN4O4/c1-12-5-4(6(16)11-8(12)17)13(2-3(14)15)7(9)10-5/h2H2,1H3,(H,14,15)(H,11,16,17). The number of imidazole rings is 1. The molecule has 0 atom stereocenters. The van der Waals surface area contributed by atoms with Crippen molar-refractivity contribution in [1.29, 1.82) is 0 Å². The maximum atomic E-state index is 11.6. The summed E-state index contributed by atoms with van der Waals surface area (Å²) in [6.07, 6.45) is 0. The molecule has 0 saturated heterocycles. The SMILES string of the molecule is Cn1c(=O)[nH]c(=O)c2c1nc(Br)n2CC(=O)O. The number of aromatic nitrogens is 4. The Kier molecular flexibility index (Phi) is 2.62. The molecule has 0 radical (unpaired) electrons. The van der Waals surface area contributed by atoms with E-state index in [1.54, 1.807) is 0 Å². The molecule has 2 aromatic heterocycles. The largest absolute Gasteiger partial charge is 0.480 e. The normalized spacial score (nSPS) is 10.9. The van der Waals surface area contributed by atoms with Crippen molar-refractivity contribution in [2.75, 3.05) is 0 Å². The first-order valence-corrected chi connectivity index (χ1v) is 5.28. The first-order chi connectivity index (χ1) is 7.91. The van der Waals surface area contributed by atoms with Crippen LogP contribution < -0.4 is 11.2 Å². The first kappa shape index (κ1) is 11.6. The molecular formula is C8H7BrN4O4. The number of aliphatic carboxylic acids is 1. The summed E-state index contributed by atoms with van der Waals surface area (Å²) in [7, 11) is 1.44. The molecule has 17 heavy (non-hydrogen) atoms. The number of hydrogen-bond donors (Lipinski definition) is 2. The summed E-state index contributed by atoms with van der Waals surface area (Å²) in [5.41, 5.74) is -1.09. The van der Waals surface area contributed by atoms with Gasteiger partial charge in [-0.05, 0) is 15.9 Å². The van der Waals surface area contributed by atoms with Crippen LogP contribution in [-0.4, -0.2) is 30.2 Å². The lowest BCUT2D eigenvalue weighted by atomic mass is 10.5. The van der Waals surface area contributed by atoms with Gasteiger partial charge in [-0.3, -0.25) is 19.1 Å². The Morgan fingerprint density at radius 3 is 2.76 bits per heavy atom. The minimum Gasteiger partial charge on any atom is -0.480 e. The van der Waals surface area contributed by atoms with E-state index < -0.39 is 23.8 Å². The molecule has 0 amide bonds. The number of carboxylic acid groups (broad SMARTS) is 1. The molecule has 0 spiro atoms. The first-order valence-electron chi connectivity index (χ1n) is 4.48. The number of nitrogens with zero attached hydrogens (tertiary/aromatic N) is 3. The van der Waals surface area contributed by atoms with Crippen molar-refractivity contribution >= 4 is 33.1 Å². The molecule has 90 valence electrons. The Hall–Kier alpha value is -1.90. The van der Waals surface area contributed by atoms with E-state index in [0.29, 0.717) is 0 Å². The number of rotatable bonds is 2. The Morgan fingerprint density at radius 1 is 1.53 bits per heavy atom. The molecule has 2 heterocycles. The number of aryl methyl sites for hydroxylation is 1. The summed E-state index contributed by atoms with van der Waals surface area (Å²) in [5, 5.41) is 8.73.